The molecule has 0 saturated heterocycles. The summed E-state index contributed by atoms with van der Waals surface area (Å²) < 4.78 is 34.4. The maximum absolute atomic E-state index is 12.9. The van der Waals surface area contributed by atoms with E-state index in [9.17, 15) is 19.0 Å². The first-order valence-electron chi connectivity index (χ1n) is 38.0. The summed E-state index contributed by atoms with van der Waals surface area (Å²) in [6.07, 6.45) is 85.8. The number of likely N-dealkylation sites (N-methyl/N-ethyl adjacent to an activating group) is 1. The molecule has 0 aromatic carbocycles. The maximum atomic E-state index is 12.9. The zero-order chi connectivity index (χ0) is 62.6. The number of quaternary nitrogens is 1. The van der Waals surface area contributed by atoms with Gasteiger partial charge in [-0.2, -0.15) is 0 Å². The molecule has 2 atom stereocenters. The number of phosphoric acid groups is 1. The molecule has 0 amide bonds. The molecule has 0 aliphatic heterocycles. The number of esters is 2. The highest BCUT2D eigenvalue weighted by molar-refractivity contribution is 7.45. The van der Waals surface area contributed by atoms with E-state index in [1.165, 1.54) is 321 Å². The Hall–Kier alpha value is -1.51. The van der Waals surface area contributed by atoms with Gasteiger partial charge in [-0.3, -0.25) is 14.2 Å². The average molecular weight is 1230 g/mol. The van der Waals surface area contributed by atoms with Crippen LogP contribution < -0.4 is 4.89 Å². The molecule has 0 fully saturated rings. The van der Waals surface area contributed by atoms with Gasteiger partial charge in [-0.05, 0) is 44.9 Å². The van der Waals surface area contributed by atoms with Crippen LogP contribution in [0.25, 0.3) is 0 Å². The van der Waals surface area contributed by atoms with E-state index in [0.29, 0.717) is 17.4 Å². The maximum Gasteiger partial charge on any atom is 0.306 e. The number of hydrogen-bond donors (Lipinski definition) is 0. The second kappa shape index (κ2) is 67.9. The normalized spacial score (nSPS) is 13.1. The fourth-order valence-electron chi connectivity index (χ4n) is 11.6. The highest BCUT2D eigenvalue weighted by atomic mass is 31.2. The van der Waals surface area contributed by atoms with Gasteiger partial charge in [0.2, 0.25) is 0 Å². The lowest BCUT2D eigenvalue weighted by Crippen LogP contribution is -2.37. The van der Waals surface area contributed by atoms with E-state index >= 15 is 0 Å². The molecule has 86 heavy (non-hydrogen) atoms. The minimum atomic E-state index is -4.64. The van der Waals surface area contributed by atoms with Crippen molar-refractivity contribution in [1.82, 2.24) is 0 Å². The molecule has 10 heteroatoms. The number of carbonyl (C=O) groups is 2. The van der Waals surface area contributed by atoms with Crippen LogP contribution in [0.1, 0.15) is 399 Å². The molecule has 0 aromatic heterocycles. The lowest BCUT2D eigenvalue weighted by molar-refractivity contribution is -0.870. The van der Waals surface area contributed by atoms with Gasteiger partial charge in [-0.15, -0.1) is 0 Å². The Kier molecular flexibility index (Phi) is 66.7. The Labute approximate surface area is 536 Å². The molecule has 9 nitrogen and oxygen atoms in total. The van der Waals surface area contributed by atoms with Gasteiger partial charge in [0.15, 0.2) is 6.10 Å². The smallest absolute Gasteiger partial charge is 0.306 e. The van der Waals surface area contributed by atoms with Crippen molar-refractivity contribution in [2.24, 2.45) is 0 Å². The van der Waals surface area contributed by atoms with Crippen LogP contribution in [-0.2, 0) is 32.7 Å². The number of carbonyl (C=O) groups excluding carboxylic acids is 2. The van der Waals surface area contributed by atoms with E-state index in [4.69, 9.17) is 18.5 Å². The minimum Gasteiger partial charge on any atom is -0.756 e. The Bertz CT molecular complexity index is 1500. The summed E-state index contributed by atoms with van der Waals surface area (Å²) >= 11 is 0. The number of phosphoric ester groups is 1. The molecule has 0 aliphatic carbocycles. The van der Waals surface area contributed by atoms with Gasteiger partial charge in [-0.1, -0.05) is 366 Å². The molecular weight excluding hydrogens is 1090 g/mol. The predicted molar refractivity (Wildman–Crippen MR) is 370 cm³/mol. The van der Waals surface area contributed by atoms with Gasteiger partial charge in [-0.25, -0.2) is 0 Å². The van der Waals surface area contributed by atoms with Crippen molar-refractivity contribution in [1.29, 1.82) is 0 Å². The third kappa shape index (κ3) is 71.6. The molecule has 2 unspecified atom stereocenters. The fourth-order valence-corrected chi connectivity index (χ4v) is 12.4. The van der Waals surface area contributed by atoms with Crippen LogP contribution in [0.5, 0.6) is 0 Å². The van der Waals surface area contributed by atoms with Crippen molar-refractivity contribution < 1.29 is 42.1 Å². The van der Waals surface area contributed by atoms with Gasteiger partial charge in [0, 0.05) is 12.8 Å². The quantitative estimate of drug-likeness (QED) is 0.0195. The molecule has 0 aromatic rings. The molecule has 510 valence electrons. The van der Waals surface area contributed by atoms with Crippen LogP contribution in [0, 0.1) is 0 Å². The molecule has 0 radical (unpaired) electrons. The molecular formula is C76H148NO8P. The summed E-state index contributed by atoms with van der Waals surface area (Å²) in [5.74, 6) is -0.811. The molecule has 0 aliphatic rings. The summed E-state index contributed by atoms with van der Waals surface area (Å²) in [5, 5.41) is 0. The van der Waals surface area contributed by atoms with E-state index in [1.54, 1.807) is 0 Å². The van der Waals surface area contributed by atoms with Crippen LogP contribution >= 0.6 is 7.82 Å². The SMILES string of the molecule is CCCCCCC/C=C\C/C=C\CCCCCCCCCCCCCCCC(=O)OC(COC(=O)CCCCCCCCCCCCCCCCCCCCCCCCCCCCCCCCCCCCCCC)COP(=O)([O-])OCC[N+](C)(C)C. The highest BCUT2D eigenvalue weighted by Gasteiger charge is 2.22. The molecule has 0 heterocycles. The zero-order valence-electron chi connectivity index (χ0n) is 58.3. The number of hydrogen-bond acceptors (Lipinski definition) is 8. The van der Waals surface area contributed by atoms with Gasteiger partial charge < -0.3 is 27.9 Å². The third-order valence-corrected chi connectivity index (χ3v) is 18.4. The highest BCUT2D eigenvalue weighted by Crippen LogP contribution is 2.38. The zero-order valence-corrected chi connectivity index (χ0v) is 59.2. The van der Waals surface area contributed by atoms with Crippen molar-refractivity contribution >= 4 is 19.8 Å². The fraction of sp³-hybridized carbons (Fsp3) is 0.921. The van der Waals surface area contributed by atoms with Crippen molar-refractivity contribution in [3.8, 4) is 0 Å². The molecule has 0 saturated carbocycles. The molecule has 0 rings (SSSR count). The third-order valence-electron chi connectivity index (χ3n) is 17.5. The molecule has 0 N–H and O–H groups in total. The number of unbranched alkanes of at least 4 members (excludes halogenated alkanes) is 54. The van der Waals surface area contributed by atoms with Crippen LogP contribution in [0.4, 0.5) is 0 Å². The average Bonchev–Trinajstić information content (AvgIpc) is 3.70. The first-order chi connectivity index (χ1) is 42.0. The van der Waals surface area contributed by atoms with Crippen LogP contribution in [0.15, 0.2) is 24.3 Å². The Morgan fingerprint density at radius 2 is 0.628 bits per heavy atom. The minimum absolute atomic E-state index is 0.0277. The predicted octanol–water partition coefficient (Wildman–Crippen LogP) is 24.2. The second-order valence-electron chi connectivity index (χ2n) is 27.4. The van der Waals surface area contributed by atoms with Crippen molar-refractivity contribution in [3.05, 3.63) is 24.3 Å². The lowest BCUT2D eigenvalue weighted by atomic mass is 10.0. The monoisotopic (exact) mass is 1230 g/mol. The summed E-state index contributed by atoms with van der Waals surface area (Å²) in [4.78, 5) is 38.1. The molecule has 0 bridgehead atoms. The summed E-state index contributed by atoms with van der Waals surface area (Å²) in [6, 6.07) is 0. The number of ether oxygens (including phenoxy) is 2. The Morgan fingerprint density at radius 1 is 0.360 bits per heavy atom. The van der Waals surface area contributed by atoms with Crippen LogP contribution in [0.3, 0.4) is 0 Å². The largest absolute Gasteiger partial charge is 0.756 e. The van der Waals surface area contributed by atoms with E-state index in [1.807, 2.05) is 21.1 Å². The Morgan fingerprint density at radius 3 is 0.919 bits per heavy atom. The summed E-state index contributed by atoms with van der Waals surface area (Å²) in [5.41, 5.74) is 0. The van der Waals surface area contributed by atoms with Gasteiger partial charge in [0.05, 0.1) is 27.7 Å². The number of allylic oxidation sites excluding steroid dienone is 4. The molecule has 0 spiro atoms. The topological polar surface area (TPSA) is 111 Å². The van der Waals surface area contributed by atoms with Gasteiger partial charge >= 0.3 is 11.9 Å². The first-order valence-corrected chi connectivity index (χ1v) is 39.5. The van der Waals surface area contributed by atoms with Crippen molar-refractivity contribution in [2.45, 2.75) is 405 Å². The number of rotatable bonds is 72. The van der Waals surface area contributed by atoms with Gasteiger partial charge in [0.25, 0.3) is 7.82 Å². The summed E-state index contributed by atoms with van der Waals surface area (Å²) in [6.45, 7) is 4.31. The van der Waals surface area contributed by atoms with Crippen molar-refractivity contribution in [3.63, 3.8) is 0 Å². The standard InChI is InChI=1S/C76H148NO8P/c1-6-8-10-12-14-16-18-20-22-24-26-28-30-32-33-34-35-36-37-38-39-40-41-42-43-45-46-48-50-52-54-56-58-60-62-64-66-68-75(78)82-72-74(73-84-86(80,81)83-71-70-77(3,4)5)85-76(79)69-67-65-63-61-59-57-55-53-51-49-47-44-31-29-27-25-23-21-19-17-15-13-11-9-7-2/h19,21,25,27,74H,6-18,20,22-24,26,28-73H2,1-5H3/b21-19-,27-25-. The van der Waals surface area contributed by atoms with E-state index in [2.05, 4.69) is 38.2 Å². The Balaban J connectivity index is 3.90. The summed E-state index contributed by atoms with van der Waals surface area (Å²) in [7, 11) is 1.19. The van der Waals surface area contributed by atoms with Crippen LogP contribution in [-0.4, -0.2) is 70.0 Å². The second-order valence-corrected chi connectivity index (χ2v) is 28.8. The number of nitrogens with zero attached hydrogens (tertiary/aromatic N) is 1. The van der Waals surface area contributed by atoms with Crippen LogP contribution in [0.2, 0.25) is 0 Å². The lowest BCUT2D eigenvalue weighted by Gasteiger charge is -2.28. The van der Waals surface area contributed by atoms with E-state index < -0.39 is 26.5 Å². The van der Waals surface area contributed by atoms with E-state index in [0.717, 1.165) is 44.9 Å². The first kappa shape index (κ1) is 84.5. The van der Waals surface area contributed by atoms with Gasteiger partial charge in [0.1, 0.15) is 19.8 Å². The van der Waals surface area contributed by atoms with E-state index in [-0.39, 0.29) is 32.0 Å². The van der Waals surface area contributed by atoms with Crippen molar-refractivity contribution in [2.75, 3.05) is 47.5 Å².